The second-order valence-corrected chi connectivity index (χ2v) is 7.54. The predicted octanol–water partition coefficient (Wildman–Crippen LogP) is 2.30. The smallest absolute Gasteiger partial charge is 0.233 e. The molecule has 142 valence electrons. The highest BCUT2D eigenvalue weighted by atomic mass is 16.2. The minimum absolute atomic E-state index is 0.0123. The molecule has 2 aromatic heterocycles. The number of amides is 1. The Kier molecular flexibility index (Phi) is 3.89. The maximum Gasteiger partial charge on any atom is 0.233 e. The van der Waals surface area contributed by atoms with Gasteiger partial charge >= 0.3 is 0 Å². The van der Waals surface area contributed by atoms with E-state index in [9.17, 15) is 4.79 Å². The van der Waals surface area contributed by atoms with Gasteiger partial charge < -0.3 is 9.80 Å². The maximum absolute atomic E-state index is 13.0. The van der Waals surface area contributed by atoms with E-state index < -0.39 is 0 Å². The highest BCUT2D eigenvalue weighted by Crippen LogP contribution is 2.32. The molecular weight excluding hydrogens is 352 g/mol. The van der Waals surface area contributed by atoms with Gasteiger partial charge in [-0.15, -0.1) is 0 Å². The van der Waals surface area contributed by atoms with Crippen molar-refractivity contribution in [1.29, 1.82) is 0 Å². The molecule has 5 rings (SSSR count). The van der Waals surface area contributed by atoms with Crippen LogP contribution in [0.25, 0.3) is 5.82 Å². The summed E-state index contributed by atoms with van der Waals surface area (Å²) < 4.78 is 1.82. The molecule has 2 aliphatic heterocycles. The Bertz CT molecular complexity index is 1050. The van der Waals surface area contributed by atoms with Crippen molar-refractivity contribution in [2.75, 3.05) is 29.4 Å². The molecule has 0 saturated carbocycles. The first-order valence-electron chi connectivity index (χ1n) is 9.60. The summed E-state index contributed by atoms with van der Waals surface area (Å²) in [6.07, 6.45) is 2.50. The summed E-state index contributed by atoms with van der Waals surface area (Å²) in [6.45, 7) is 6.13. The topological polar surface area (TPSA) is 67.2 Å². The number of hydrogen-bond acceptors (Lipinski definition) is 5. The van der Waals surface area contributed by atoms with Crippen LogP contribution in [0.2, 0.25) is 0 Å². The van der Waals surface area contributed by atoms with Crippen molar-refractivity contribution in [3.63, 3.8) is 0 Å². The Morgan fingerprint density at radius 2 is 1.86 bits per heavy atom. The number of anilines is 2. The zero-order chi connectivity index (χ0) is 19.3. The summed E-state index contributed by atoms with van der Waals surface area (Å²) in [5.74, 6) is 1.81. The minimum Gasteiger partial charge on any atom is -0.355 e. The van der Waals surface area contributed by atoms with Gasteiger partial charge in [0.05, 0.1) is 11.6 Å². The van der Waals surface area contributed by atoms with Crippen LogP contribution in [-0.4, -0.2) is 45.3 Å². The molecule has 1 fully saturated rings. The van der Waals surface area contributed by atoms with Crippen LogP contribution in [0, 0.1) is 19.8 Å². The molecule has 4 heterocycles. The van der Waals surface area contributed by atoms with Gasteiger partial charge in [-0.1, -0.05) is 18.2 Å². The molecule has 1 aromatic carbocycles. The zero-order valence-electron chi connectivity index (χ0n) is 16.0. The lowest BCUT2D eigenvalue weighted by Gasteiger charge is -2.40. The van der Waals surface area contributed by atoms with Crippen LogP contribution in [-0.2, 0) is 11.2 Å². The van der Waals surface area contributed by atoms with Gasteiger partial charge in [-0.3, -0.25) is 4.79 Å². The number of benzene rings is 1. The van der Waals surface area contributed by atoms with E-state index in [1.54, 1.807) is 6.33 Å². The number of para-hydroxylation sites is 1. The van der Waals surface area contributed by atoms with Gasteiger partial charge in [0, 0.05) is 37.1 Å². The second-order valence-electron chi connectivity index (χ2n) is 7.54. The predicted molar refractivity (Wildman–Crippen MR) is 107 cm³/mol. The minimum atomic E-state index is 0.0123. The van der Waals surface area contributed by atoms with Crippen molar-refractivity contribution in [3.8, 4) is 5.82 Å². The van der Waals surface area contributed by atoms with E-state index in [0.29, 0.717) is 13.1 Å². The lowest BCUT2D eigenvalue weighted by atomic mass is 9.98. The van der Waals surface area contributed by atoms with E-state index in [1.807, 2.05) is 53.8 Å². The van der Waals surface area contributed by atoms with Crippen molar-refractivity contribution in [3.05, 3.63) is 59.7 Å². The Morgan fingerprint density at radius 1 is 1.07 bits per heavy atom. The van der Waals surface area contributed by atoms with Crippen LogP contribution in [0.15, 0.2) is 42.7 Å². The van der Waals surface area contributed by atoms with Gasteiger partial charge in [-0.25, -0.2) is 14.6 Å². The van der Waals surface area contributed by atoms with Crippen molar-refractivity contribution >= 4 is 17.4 Å². The average molecular weight is 374 g/mol. The lowest BCUT2D eigenvalue weighted by molar-refractivity contribution is -0.123. The van der Waals surface area contributed by atoms with Gasteiger partial charge in [-0.05, 0) is 38.0 Å². The van der Waals surface area contributed by atoms with Crippen LogP contribution in [0.5, 0.6) is 0 Å². The van der Waals surface area contributed by atoms with E-state index in [2.05, 4.69) is 26.0 Å². The van der Waals surface area contributed by atoms with Crippen LogP contribution in [0.3, 0.4) is 0 Å². The Labute approximate surface area is 163 Å². The number of fused-ring (bicyclic) bond motifs is 1. The maximum atomic E-state index is 13.0. The third-order valence-electron chi connectivity index (χ3n) is 5.57. The normalized spacial score (nSPS) is 16.2. The van der Waals surface area contributed by atoms with E-state index >= 15 is 0 Å². The quantitative estimate of drug-likeness (QED) is 0.704. The van der Waals surface area contributed by atoms with Crippen molar-refractivity contribution in [2.24, 2.45) is 5.92 Å². The van der Waals surface area contributed by atoms with Crippen LogP contribution in [0.4, 0.5) is 11.5 Å². The number of aromatic nitrogens is 4. The van der Waals surface area contributed by atoms with Crippen molar-refractivity contribution in [1.82, 2.24) is 19.7 Å². The number of rotatable bonds is 3. The number of carbonyl (C=O) groups is 1. The fourth-order valence-electron chi connectivity index (χ4n) is 4.10. The Balaban J connectivity index is 1.29. The molecule has 0 bridgehead atoms. The van der Waals surface area contributed by atoms with Crippen LogP contribution < -0.4 is 9.80 Å². The molecule has 0 N–H and O–H groups in total. The first kappa shape index (κ1) is 16.9. The zero-order valence-corrected chi connectivity index (χ0v) is 16.0. The average Bonchev–Trinajstić information content (AvgIpc) is 3.23. The number of nitrogens with zero attached hydrogens (tertiary/aromatic N) is 6. The fourth-order valence-corrected chi connectivity index (χ4v) is 4.10. The Morgan fingerprint density at radius 3 is 2.64 bits per heavy atom. The van der Waals surface area contributed by atoms with Crippen molar-refractivity contribution < 1.29 is 4.79 Å². The van der Waals surface area contributed by atoms with Crippen LogP contribution in [0.1, 0.15) is 17.0 Å². The fraction of sp³-hybridized carbons (Fsp3) is 0.333. The highest BCUT2D eigenvalue weighted by Gasteiger charge is 2.38. The van der Waals surface area contributed by atoms with Gasteiger partial charge in [0.15, 0.2) is 5.82 Å². The van der Waals surface area contributed by atoms with Gasteiger partial charge in [0.2, 0.25) is 5.91 Å². The molecule has 7 nitrogen and oxygen atoms in total. The molecule has 2 aliphatic rings. The summed E-state index contributed by atoms with van der Waals surface area (Å²) in [5, 5.41) is 4.49. The van der Waals surface area contributed by atoms with Gasteiger partial charge in [-0.2, -0.15) is 5.10 Å². The molecule has 0 radical (unpaired) electrons. The first-order valence-corrected chi connectivity index (χ1v) is 9.60. The molecule has 0 unspecified atom stereocenters. The molecule has 1 saturated heterocycles. The third-order valence-corrected chi connectivity index (χ3v) is 5.57. The third kappa shape index (κ3) is 2.74. The van der Waals surface area contributed by atoms with Crippen LogP contribution >= 0.6 is 0 Å². The van der Waals surface area contributed by atoms with E-state index in [1.165, 1.54) is 5.56 Å². The van der Waals surface area contributed by atoms with E-state index in [4.69, 9.17) is 0 Å². The standard InChI is InChI=1S/C21H22N6O/c1-14-9-15(2)27(24-14)20-10-19(22-13-23-20)25-11-17(12-25)21(28)26-8-7-16-5-3-4-6-18(16)26/h3-6,9-10,13,17H,7-8,11-12H2,1-2H3. The largest absolute Gasteiger partial charge is 0.355 e. The molecule has 0 spiro atoms. The number of hydrogen-bond donors (Lipinski definition) is 0. The molecule has 3 aromatic rings. The van der Waals surface area contributed by atoms with E-state index in [-0.39, 0.29) is 11.8 Å². The second kappa shape index (κ2) is 6.44. The molecule has 1 amide bonds. The van der Waals surface area contributed by atoms with Gasteiger partial charge in [0.25, 0.3) is 0 Å². The Hall–Kier alpha value is -3.22. The molecule has 28 heavy (non-hydrogen) atoms. The lowest BCUT2D eigenvalue weighted by Crippen LogP contribution is -2.55. The summed E-state index contributed by atoms with van der Waals surface area (Å²) in [6, 6.07) is 12.1. The number of aryl methyl sites for hydroxylation is 2. The summed E-state index contributed by atoms with van der Waals surface area (Å²) >= 11 is 0. The summed E-state index contributed by atoms with van der Waals surface area (Å²) in [7, 11) is 0. The molecular formula is C21H22N6O. The van der Waals surface area contributed by atoms with E-state index in [0.717, 1.165) is 41.7 Å². The molecule has 0 atom stereocenters. The molecule has 7 heteroatoms. The monoisotopic (exact) mass is 374 g/mol. The van der Waals surface area contributed by atoms with Gasteiger partial charge in [0.1, 0.15) is 12.1 Å². The summed E-state index contributed by atoms with van der Waals surface area (Å²) in [5.41, 5.74) is 4.32. The highest BCUT2D eigenvalue weighted by molar-refractivity contribution is 5.98. The number of carbonyl (C=O) groups excluding carboxylic acids is 1. The summed E-state index contributed by atoms with van der Waals surface area (Å²) in [4.78, 5) is 25.8. The SMILES string of the molecule is Cc1cc(C)n(-c2cc(N3CC(C(=O)N4CCc5ccccc54)C3)ncn2)n1. The molecule has 0 aliphatic carbocycles. The first-order chi connectivity index (χ1) is 13.6. The van der Waals surface area contributed by atoms with Crippen molar-refractivity contribution in [2.45, 2.75) is 20.3 Å².